The minimum absolute atomic E-state index is 0.000198. The summed E-state index contributed by atoms with van der Waals surface area (Å²) in [6.45, 7) is 5.78. The van der Waals surface area contributed by atoms with E-state index in [1.165, 1.54) is 20.0 Å². The van der Waals surface area contributed by atoms with Crippen LogP contribution >= 0.6 is 11.3 Å². The SMILES string of the molecule is CCc1cc2c(s1)CCO[C@@]21CCN(Cc2cn(CC(O)(CO)CO)nn2)[C@@H](C)C1. The number of aliphatic hydroxyl groups is 3. The molecule has 9 heteroatoms. The van der Waals surface area contributed by atoms with Gasteiger partial charge in [0.2, 0.25) is 0 Å². The van der Waals surface area contributed by atoms with Gasteiger partial charge in [0.25, 0.3) is 0 Å². The van der Waals surface area contributed by atoms with Crippen molar-refractivity contribution < 1.29 is 20.1 Å². The van der Waals surface area contributed by atoms with Crippen molar-refractivity contribution in [3.63, 3.8) is 0 Å². The van der Waals surface area contributed by atoms with Crippen LogP contribution in [-0.4, -0.2) is 73.2 Å². The zero-order chi connectivity index (χ0) is 21.4. The molecule has 0 saturated carbocycles. The lowest BCUT2D eigenvalue weighted by Gasteiger charge is -2.47. The number of hydrogen-bond donors (Lipinski definition) is 3. The number of aryl methyl sites for hydroxylation is 1. The number of nitrogens with zero attached hydrogens (tertiary/aromatic N) is 4. The Morgan fingerprint density at radius 2 is 2.17 bits per heavy atom. The van der Waals surface area contributed by atoms with Crippen molar-refractivity contribution in [1.82, 2.24) is 19.9 Å². The molecular formula is C21H32N4O4S. The molecule has 2 aliphatic heterocycles. The maximum absolute atomic E-state index is 10.1. The predicted molar refractivity (Wildman–Crippen MR) is 113 cm³/mol. The number of rotatable bonds is 7. The maximum Gasteiger partial charge on any atom is 0.130 e. The number of likely N-dealkylation sites (tertiary alicyclic amines) is 1. The number of piperidine rings is 1. The topological polar surface area (TPSA) is 104 Å². The largest absolute Gasteiger partial charge is 0.393 e. The lowest BCUT2D eigenvalue weighted by Crippen LogP contribution is -2.50. The zero-order valence-electron chi connectivity index (χ0n) is 17.8. The van der Waals surface area contributed by atoms with E-state index in [0.717, 1.165) is 44.5 Å². The van der Waals surface area contributed by atoms with Crippen LogP contribution in [-0.2, 0) is 36.3 Å². The molecule has 0 aromatic carbocycles. The Bertz CT molecular complexity index is 865. The van der Waals surface area contributed by atoms with Gasteiger partial charge in [0, 0.05) is 41.5 Å². The smallest absolute Gasteiger partial charge is 0.130 e. The van der Waals surface area contributed by atoms with Gasteiger partial charge in [-0.05, 0) is 37.8 Å². The third-order valence-electron chi connectivity index (χ3n) is 6.45. The molecule has 0 aliphatic carbocycles. The lowest BCUT2D eigenvalue weighted by atomic mass is 9.79. The van der Waals surface area contributed by atoms with Gasteiger partial charge >= 0.3 is 0 Å². The molecule has 2 aliphatic rings. The van der Waals surface area contributed by atoms with E-state index in [0.29, 0.717) is 12.6 Å². The van der Waals surface area contributed by atoms with Crippen molar-refractivity contribution in [2.75, 3.05) is 26.4 Å². The van der Waals surface area contributed by atoms with Gasteiger partial charge in [-0.2, -0.15) is 0 Å². The number of aromatic nitrogens is 3. The van der Waals surface area contributed by atoms with Gasteiger partial charge in [-0.1, -0.05) is 12.1 Å². The molecule has 2 aromatic rings. The molecule has 4 rings (SSSR count). The summed E-state index contributed by atoms with van der Waals surface area (Å²) in [5.74, 6) is 0. The number of ether oxygens (including phenoxy) is 1. The first-order chi connectivity index (χ1) is 14.4. The summed E-state index contributed by atoms with van der Waals surface area (Å²) < 4.78 is 7.89. The number of aliphatic hydroxyl groups excluding tert-OH is 2. The quantitative estimate of drug-likeness (QED) is 0.596. The van der Waals surface area contributed by atoms with Gasteiger partial charge < -0.3 is 20.1 Å². The second kappa shape index (κ2) is 8.64. The highest BCUT2D eigenvalue weighted by atomic mass is 32.1. The van der Waals surface area contributed by atoms with Crippen LogP contribution in [0.3, 0.4) is 0 Å². The minimum Gasteiger partial charge on any atom is -0.393 e. The van der Waals surface area contributed by atoms with Gasteiger partial charge in [-0.25, -0.2) is 4.68 Å². The van der Waals surface area contributed by atoms with Crippen LogP contribution in [0.15, 0.2) is 12.3 Å². The van der Waals surface area contributed by atoms with Crippen molar-refractivity contribution in [1.29, 1.82) is 0 Å². The van der Waals surface area contributed by atoms with Crippen molar-refractivity contribution in [2.24, 2.45) is 0 Å². The molecule has 1 fully saturated rings. The minimum atomic E-state index is -1.59. The molecule has 0 radical (unpaired) electrons. The first-order valence-electron chi connectivity index (χ1n) is 10.7. The summed E-state index contributed by atoms with van der Waals surface area (Å²) >= 11 is 1.95. The fraction of sp³-hybridized carbons (Fsp3) is 0.714. The summed E-state index contributed by atoms with van der Waals surface area (Å²) in [5, 5.41) is 36.9. The molecule has 0 amide bonds. The van der Waals surface area contributed by atoms with Crippen molar-refractivity contribution in [2.45, 2.75) is 69.9 Å². The Hall–Kier alpha value is -1.36. The monoisotopic (exact) mass is 436 g/mol. The third kappa shape index (κ3) is 4.19. The van der Waals surface area contributed by atoms with Gasteiger partial charge in [0.05, 0.1) is 37.7 Å². The number of hydrogen-bond acceptors (Lipinski definition) is 8. The third-order valence-corrected chi connectivity index (χ3v) is 7.79. The number of fused-ring (bicyclic) bond motifs is 2. The molecule has 2 atom stereocenters. The van der Waals surface area contributed by atoms with Gasteiger partial charge in [-0.15, -0.1) is 16.4 Å². The summed E-state index contributed by atoms with van der Waals surface area (Å²) in [6.07, 6.45) is 5.80. The predicted octanol–water partition coefficient (Wildman–Crippen LogP) is 1.07. The van der Waals surface area contributed by atoms with E-state index in [-0.39, 0.29) is 12.1 Å². The molecule has 1 saturated heterocycles. The Labute approximate surface area is 181 Å². The first kappa shape index (κ1) is 21.9. The Balaban J connectivity index is 1.42. The highest BCUT2D eigenvalue weighted by molar-refractivity contribution is 7.12. The molecule has 2 aromatic heterocycles. The summed E-state index contributed by atoms with van der Waals surface area (Å²) in [4.78, 5) is 5.35. The van der Waals surface area contributed by atoms with E-state index in [2.05, 4.69) is 35.1 Å². The molecule has 3 N–H and O–H groups in total. The van der Waals surface area contributed by atoms with Crippen molar-refractivity contribution in [3.05, 3.63) is 33.3 Å². The fourth-order valence-corrected chi connectivity index (χ4v) is 5.84. The molecule has 0 bridgehead atoms. The van der Waals surface area contributed by atoms with E-state index in [1.807, 2.05) is 11.3 Å². The maximum atomic E-state index is 10.1. The summed E-state index contributed by atoms with van der Waals surface area (Å²) in [6, 6.07) is 2.71. The van der Waals surface area contributed by atoms with Crippen LogP contribution in [0.4, 0.5) is 0 Å². The van der Waals surface area contributed by atoms with Crippen LogP contribution in [0.1, 0.15) is 47.7 Å². The highest BCUT2D eigenvalue weighted by Crippen LogP contribution is 2.46. The zero-order valence-corrected chi connectivity index (χ0v) is 18.6. The molecule has 30 heavy (non-hydrogen) atoms. The van der Waals surface area contributed by atoms with Crippen LogP contribution < -0.4 is 0 Å². The average molecular weight is 437 g/mol. The van der Waals surface area contributed by atoms with E-state index in [1.54, 1.807) is 6.20 Å². The lowest BCUT2D eigenvalue weighted by molar-refractivity contribution is -0.112. The molecule has 166 valence electrons. The van der Waals surface area contributed by atoms with Crippen LogP contribution in [0.25, 0.3) is 0 Å². The normalized spacial score (nSPS) is 25.0. The Kier molecular flexibility index (Phi) is 6.30. The summed E-state index contributed by atoms with van der Waals surface area (Å²) in [5.41, 5.74) is 0.471. The second-order valence-corrected chi connectivity index (χ2v) is 9.94. The van der Waals surface area contributed by atoms with Gasteiger partial charge in [0.15, 0.2) is 0 Å². The van der Waals surface area contributed by atoms with Crippen LogP contribution in [0, 0.1) is 0 Å². The van der Waals surface area contributed by atoms with Gasteiger partial charge in [-0.3, -0.25) is 4.90 Å². The average Bonchev–Trinajstić information content (AvgIpc) is 3.37. The Morgan fingerprint density at radius 3 is 2.87 bits per heavy atom. The van der Waals surface area contributed by atoms with Crippen molar-refractivity contribution in [3.8, 4) is 0 Å². The van der Waals surface area contributed by atoms with Crippen LogP contribution in [0.5, 0.6) is 0 Å². The van der Waals surface area contributed by atoms with Crippen LogP contribution in [0.2, 0.25) is 0 Å². The van der Waals surface area contributed by atoms with Gasteiger partial charge in [0.1, 0.15) is 5.60 Å². The Morgan fingerprint density at radius 1 is 1.37 bits per heavy atom. The molecule has 0 unspecified atom stereocenters. The summed E-state index contributed by atoms with van der Waals surface area (Å²) in [7, 11) is 0. The first-order valence-corrected chi connectivity index (χ1v) is 11.5. The second-order valence-electron chi connectivity index (χ2n) is 8.72. The molecule has 4 heterocycles. The molecule has 8 nitrogen and oxygen atoms in total. The molecular weight excluding hydrogens is 404 g/mol. The van der Waals surface area contributed by atoms with Crippen molar-refractivity contribution >= 4 is 11.3 Å². The van der Waals surface area contributed by atoms with E-state index in [9.17, 15) is 15.3 Å². The fourth-order valence-electron chi connectivity index (χ4n) is 4.66. The molecule has 1 spiro atoms. The highest BCUT2D eigenvalue weighted by Gasteiger charge is 2.44. The van der Waals surface area contributed by atoms with E-state index >= 15 is 0 Å². The standard InChI is InChI=1S/C21H32N4O4S/c1-3-17-8-18-19(30-17)4-7-29-21(18)5-6-24(15(2)9-21)10-16-11-25(23-22-16)12-20(28,13-26)14-27/h8,11,15,26-28H,3-7,9-10,12-14H2,1-2H3/t15-,21+/m0/s1. The van der Waals surface area contributed by atoms with E-state index in [4.69, 9.17) is 4.74 Å². The number of thiophene rings is 1. The van der Waals surface area contributed by atoms with E-state index < -0.39 is 18.8 Å².